The van der Waals surface area contributed by atoms with E-state index in [0.717, 1.165) is 31.4 Å². The van der Waals surface area contributed by atoms with Crippen molar-refractivity contribution < 1.29 is 22.8 Å². The fourth-order valence-electron chi connectivity index (χ4n) is 4.15. The molecule has 2 aromatic rings. The standard InChI is InChI=1S/C20H20F3N3O2S/c1-25-18(28)26(17(27)19(25)9-3-2-4-10-19)11-15-12-29-16(24-15)13-5-7-14(8-6-13)20(21,22)23/h5-8,12H,2-4,9-11H2,1H3. The minimum Gasteiger partial charge on any atom is -0.313 e. The fourth-order valence-corrected chi connectivity index (χ4v) is 4.96. The molecule has 1 aliphatic heterocycles. The zero-order chi connectivity index (χ0) is 20.8. The second-order valence-electron chi connectivity index (χ2n) is 7.54. The number of carbonyl (C=O) groups is 2. The molecule has 2 aliphatic rings. The van der Waals surface area contributed by atoms with E-state index in [-0.39, 0.29) is 18.5 Å². The van der Waals surface area contributed by atoms with Crippen molar-refractivity contribution >= 4 is 23.3 Å². The monoisotopic (exact) mass is 423 g/mol. The van der Waals surface area contributed by atoms with Crippen LogP contribution in [0, 0.1) is 0 Å². The first kappa shape index (κ1) is 19.9. The van der Waals surface area contributed by atoms with E-state index in [0.29, 0.717) is 29.1 Å². The van der Waals surface area contributed by atoms with Gasteiger partial charge in [0, 0.05) is 18.0 Å². The Morgan fingerprint density at radius 1 is 1.10 bits per heavy atom. The third kappa shape index (κ3) is 3.41. The van der Waals surface area contributed by atoms with E-state index < -0.39 is 17.3 Å². The maximum atomic E-state index is 13.0. The second-order valence-corrected chi connectivity index (χ2v) is 8.40. The summed E-state index contributed by atoms with van der Waals surface area (Å²) in [6.45, 7) is 0.0703. The van der Waals surface area contributed by atoms with Crippen LogP contribution < -0.4 is 0 Å². The quantitative estimate of drug-likeness (QED) is 0.658. The number of hydrogen-bond donors (Lipinski definition) is 0. The van der Waals surface area contributed by atoms with E-state index in [1.54, 1.807) is 17.3 Å². The number of amides is 3. The summed E-state index contributed by atoms with van der Waals surface area (Å²) in [5.41, 5.74) is -0.337. The number of carbonyl (C=O) groups excluding carboxylic acids is 2. The van der Waals surface area contributed by atoms with Gasteiger partial charge in [-0.3, -0.25) is 9.69 Å². The molecule has 0 N–H and O–H groups in total. The minimum atomic E-state index is -4.38. The molecule has 4 rings (SSSR count). The zero-order valence-corrected chi connectivity index (χ0v) is 16.6. The van der Waals surface area contributed by atoms with Crippen LogP contribution >= 0.6 is 11.3 Å². The number of benzene rings is 1. The lowest BCUT2D eigenvalue weighted by Gasteiger charge is -2.35. The molecule has 0 bridgehead atoms. The van der Waals surface area contributed by atoms with Crippen LogP contribution in [-0.4, -0.2) is 39.3 Å². The van der Waals surface area contributed by atoms with Crippen LogP contribution in [0.5, 0.6) is 0 Å². The maximum absolute atomic E-state index is 13.0. The highest BCUT2D eigenvalue weighted by Gasteiger charge is 2.55. The summed E-state index contributed by atoms with van der Waals surface area (Å²) < 4.78 is 38.2. The third-order valence-corrected chi connectivity index (χ3v) is 6.76. The highest BCUT2D eigenvalue weighted by atomic mass is 32.1. The number of rotatable bonds is 3. The fraction of sp³-hybridized carbons (Fsp3) is 0.450. The number of likely N-dealkylation sites (N-methyl/N-ethyl adjacent to an activating group) is 1. The van der Waals surface area contributed by atoms with Gasteiger partial charge in [-0.2, -0.15) is 13.2 Å². The molecule has 29 heavy (non-hydrogen) atoms. The Balaban J connectivity index is 1.52. The SMILES string of the molecule is CN1C(=O)N(Cc2csc(-c3ccc(C(F)(F)F)cc3)n2)C(=O)C12CCCCC2. The lowest BCUT2D eigenvalue weighted by Crippen LogP contribution is -2.49. The third-order valence-electron chi connectivity index (χ3n) is 5.81. The van der Waals surface area contributed by atoms with Crippen molar-refractivity contribution in [2.75, 3.05) is 7.05 Å². The van der Waals surface area contributed by atoms with Gasteiger partial charge < -0.3 is 4.90 Å². The molecule has 0 radical (unpaired) electrons. The molecular formula is C20H20F3N3O2S. The molecule has 0 atom stereocenters. The number of thiazole rings is 1. The van der Waals surface area contributed by atoms with Gasteiger partial charge in [0.25, 0.3) is 5.91 Å². The van der Waals surface area contributed by atoms with E-state index in [4.69, 9.17) is 0 Å². The Morgan fingerprint density at radius 3 is 2.38 bits per heavy atom. The molecule has 3 amide bonds. The molecular weight excluding hydrogens is 403 g/mol. The Hall–Kier alpha value is -2.42. The van der Waals surface area contributed by atoms with Gasteiger partial charge in [-0.1, -0.05) is 31.4 Å². The van der Waals surface area contributed by atoms with Crippen LogP contribution in [0.1, 0.15) is 43.4 Å². The number of hydrogen-bond acceptors (Lipinski definition) is 4. The Morgan fingerprint density at radius 2 is 1.76 bits per heavy atom. The highest BCUT2D eigenvalue weighted by molar-refractivity contribution is 7.13. The molecule has 1 saturated carbocycles. The number of nitrogens with zero attached hydrogens (tertiary/aromatic N) is 3. The Labute approximate surface area is 170 Å². The molecule has 1 saturated heterocycles. The van der Waals surface area contributed by atoms with Crippen molar-refractivity contribution in [1.29, 1.82) is 0 Å². The van der Waals surface area contributed by atoms with Gasteiger partial charge >= 0.3 is 12.2 Å². The van der Waals surface area contributed by atoms with Crippen molar-refractivity contribution in [3.8, 4) is 10.6 Å². The van der Waals surface area contributed by atoms with Crippen molar-refractivity contribution in [3.05, 3.63) is 40.9 Å². The molecule has 154 valence electrons. The molecule has 0 unspecified atom stereocenters. The van der Waals surface area contributed by atoms with Gasteiger partial charge in [-0.05, 0) is 25.0 Å². The van der Waals surface area contributed by atoms with Gasteiger partial charge in [-0.15, -0.1) is 11.3 Å². The van der Waals surface area contributed by atoms with Gasteiger partial charge in [0.05, 0.1) is 17.8 Å². The molecule has 1 aliphatic carbocycles. The number of urea groups is 1. The first-order valence-electron chi connectivity index (χ1n) is 9.44. The maximum Gasteiger partial charge on any atom is 0.416 e. The summed E-state index contributed by atoms with van der Waals surface area (Å²) in [6, 6.07) is 4.48. The van der Waals surface area contributed by atoms with E-state index in [1.807, 2.05) is 0 Å². The van der Waals surface area contributed by atoms with Crippen molar-refractivity contribution in [2.45, 2.75) is 50.4 Å². The van der Waals surface area contributed by atoms with Crippen LogP contribution in [0.4, 0.5) is 18.0 Å². The molecule has 2 heterocycles. The summed E-state index contributed by atoms with van der Waals surface area (Å²) in [5, 5.41) is 2.29. The zero-order valence-electron chi connectivity index (χ0n) is 15.8. The number of alkyl halides is 3. The van der Waals surface area contributed by atoms with Crippen LogP contribution in [-0.2, 0) is 17.5 Å². The van der Waals surface area contributed by atoms with Crippen molar-refractivity contribution in [1.82, 2.24) is 14.8 Å². The second kappa shape index (κ2) is 7.12. The van der Waals surface area contributed by atoms with Gasteiger partial charge in [0.1, 0.15) is 10.5 Å². The van der Waals surface area contributed by atoms with Crippen LogP contribution in [0.2, 0.25) is 0 Å². The lowest BCUT2D eigenvalue weighted by atomic mass is 9.81. The van der Waals surface area contributed by atoms with Gasteiger partial charge in [0.2, 0.25) is 0 Å². The highest BCUT2D eigenvalue weighted by Crippen LogP contribution is 2.40. The smallest absolute Gasteiger partial charge is 0.313 e. The molecule has 5 nitrogen and oxygen atoms in total. The average Bonchev–Trinajstić information content (AvgIpc) is 3.24. The predicted molar refractivity (Wildman–Crippen MR) is 102 cm³/mol. The molecule has 1 spiro atoms. The summed E-state index contributed by atoms with van der Waals surface area (Å²) >= 11 is 1.27. The van der Waals surface area contributed by atoms with E-state index in [2.05, 4.69) is 4.98 Å². The minimum absolute atomic E-state index is 0.0703. The molecule has 9 heteroatoms. The summed E-state index contributed by atoms with van der Waals surface area (Å²) in [7, 11) is 1.68. The topological polar surface area (TPSA) is 53.5 Å². The Bertz CT molecular complexity index is 933. The summed E-state index contributed by atoms with van der Waals surface area (Å²) in [5.74, 6) is -0.172. The first-order valence-corrected chi connectivity index (χ1v) is 10.3. The van der Waals surface area contributed by atoms with E-state index in [1.165, 1.54) is 28.4 Å². The molecule has 1 aromatic heterocycles. The first-order chi connectivity index (χ1) is 13.7. The predicted octanol–water partition coefficient (Wildman–Crippen LogP) is 4.93. The summed E-state index contributed by atoms with van der Waals surface area (Å²) in [4.78, 5) is 33.0. The number of halogens is 3. The van der Waals surface area contributed by atoms with Crippen molar-refractivity contribution in [3.63, 3.8) is 0 Å². The largest absolute Gasteiger partial charge is 0.416 e. The van der Waals surface area contributed by atoms with Crippen LogP contribution in [0.3, 0.4) is 0 Å². The molecule has 1 aromatic carbocycles. The normalized spacial score (nSPS) is 19.4. The Kier molecular flexibility index (Phi) is 4.88. The van der Waals surface area contributed by atoms with E-state index in [9.17, 15) is 22.8 Å². The van der Waals surface area contributed by atoms with Crippen LogP contribution in [0.25, 0.3) is 10.6 Å². The van der Waals surface area contributed by atoms with Crippen LogP contribution in [0.15, 0.2) is 29.6 Å². The molecule has 2 fully saturated rings. The summed E-state index contributed by atoms with van der Waals surface area (Å²) in [6.07, 6.45) is -0.112. The van der Waals surface area contributed by atoms with Gasteiger partial charge in [-0.25, -0.2) is 9.78 Å². The average molecular weight is 423 g/mol. The van der Waals surface area contributed by atoms with Gasteiger partial charge in [0.15, 0.2) is 0 Å². The lowest BCUT2D eigenvalue weighted by molar-refractivity contribution is -0.137. The van der Waals surface area contributed by atoms with Crippen molar-refractivity contribution in [2.24, 2.45) is 0 Å². The van der Waals surface area contributed by atoms with E-state index >= 15 is 0 Å². The number of imide groups is 1. The number of aromatic nitrogens is 1.